The molecule has 0 spiro atoms. The number of thioether (sulfide) groups is 1. The van der Waals surface area contributed by atoms with Gasteiger partial charge in [0.25, 0.3) is 0 Å². The predicted octanol–water partition coefficient (Wildman–Crippen LogP) is 1.90. The molecule has 1 aliphatic rings. The van der Waals surface area contributed by atoms with Gasteiger partial charge in [0.2, 0.25) is 10.0 Å². The lowest BCUT2D eigenvalue weighted by molar-refractivity contribution is -0.140. The van der Waals surface area contributed by atoms with E-state index < -0.39 is 52.2 Å². The van der Waals surface area contributed by atoms with Crippen LogP contribution in [-0.2, 0) is 14.8 Å². The van der Waals surface area contributed by atoms with Crippen LogP contribution in [0.2, 0.25) is 0 Å². The molecule has 2 atom stereocenters. The van der Waals surface area contributed by atoms with Crippen LogP contribution in [0.1, 0.15) is 26.2 Å². The molecule has 0 bridgehead atoms. The third-order valence-corrected chi connectivity index (χ3v) is 6.40. The fraction of sp³-hybridized carbons (Fsp3) is 0.900. The molecule has 0 amide bonds. The van der Waals surface area contributed by atoms with Gasteiger partial charge in [-0.3, -0.25) is 4.79 Å². The number of sulfonamides is 1. The highest BCUT2D eigenvalue weighted by Gasteiger charge is 2.44. The molecule has 10 heteroatoms. The highest BCUT2D eigenvalue weighted by atomic mass is 32.2. The molecule has 1 heterocycles. The maximum absolute atomic E-state index is 12.1. The second-order valence-corrected chi connectivity index (χ2v) is 7.62. The number of nitrogens with zero attached hydrogens (tertiary/aromatic N) is 1. The molecule has 1 N–H and O–H groups in total. The molecule has 0 saturated carbocycles. The summed E-state index contributed by atoms with van der Waals surface area (Å²) in [6.07, 6.45) is -5.75. The average Bonchev–Trinajstić information content (AvgIpc) is 2.71. The zero-order valence-electron chi connectivity index (χ0n) is 10.8. The maximum atomic E-state index is 12.1. The van der Waals surface area contributed by atoms with Crippen LogP contribution < -0.4 is 0 Å². The monoisotopic (exact) mass is 335 g/mol. The number of carboxylic acid groups (broad SMARTS) is 1. The molecule has 0 radical (unpaired) electrons. The average molecular weight is 335 g/mol. The lowest BCUT2D eigenvalue weighted by Gasteiger charge is -2.25. The number of hydrogen-bond donors (Lipinski definition) is 1. The highest BCUT2D eigenvalue weighted by molar-refractivity contribution is 8.01. The first-order valence-electron chi connectivity index (χ1n) is 6.01. The molecule has 20 heavy (non-hydrogen) atoms. The maximum Gasteiger partial charge on any atom is 0.389 e. The van der Waals surface area contributed by atoms with E-state index in [9.17, 15) is 26.4 Å². The van der Waals surface area contributed by atoms with Crippen LogP contribution in [0.25, 0.3) is 0 Å². The van der Waals surface area contributed by atoms with E-state index in [-0.39, 0.29) is 5.75 Å². The van der Waals surface area contributed by atoms with E-state index in [1.165, 1.54) is 11.8 Å². The molecular weight excluding hydrogens is 319 g/mol. The third kappa shape index (κ3) is 4.52. The van der Waals surface area contributed by atoms with E-state index in [1.807, 2.05) is 0 Å². The summed E-state index contributed by atoms with van der Waals surface area (Å²) in [5.74, 6) is -1.84. The number of carbonyl (C=O) groups is 1. The molecule has 1 fully saturated rings. The second kappa shape index (κ2) is 6.52. The number of aliphatic carboxylic acids is 1. The molecule has 0 aromatic heterocycles. The fourth-order valence-corrected chi connectivity index (χ4v) is 5.65. The van der Waals surface area contributed by atoms with Crippen LogP contribution in [0, 0.1) is 0 Å². The summed E-state index contributed by atoms with van der Waals surface area (Å²) in [7, 11) is -4.01. The number of halogens is 3. The van der Waals surface area contributed by atoms with E-state index in [1.54, 1.807) is 6.92 Å². The molecule has 0 aromatic rings. The third-order valence-electron chi connectivity index (χ3n) is 2.86. The van der Waals surface area contributed by atoms with Crippen LogP contribution in [0.5, 0.6) is 0 Å². The summed E-state index contributed by atoms with van der Waals surface area (Å²) in [5, 5.41) is 8.49. The topological polar surface area (TPSA) is 74.7 Å². The van der Waals surface area contributed by atoms with E-state index in [2.05, 4.69) is 0 Å². The Morgan fingerprint density at radius 1 is 1.45 bits per heavy atom. The van der Waals surface area contributed by atoms with Crippen molar-refractivity contribution in [2.45, 2.75) is 43.8 Å². The van der Waals surface area contributed by atoms with Gasteiger partial charge < -0.3 is 5.11 Å². The standard InChI is InChI=1S/C10H16F3NO4S2/c1-2-8-14(7(6-19-8)9(15)16)20(17,18)5-3-4-10(11,12)13/h7-8H,2-6H2,1H3,(H,15,16). The van der Waals surface area contributed by atoms with Gasteiger partial charge in [-0.1, -0.05) is 6.92 Å². The number of hydrogen-bond acceptors (Lipinski definition) is 4. The molecule has 0 aliphatic carbocycles. The summed E-state index contributed by atoms with van der Waals surface area (Å²) < 4.78 is 61.2. The molecular formula is C10H16F3NO4S2. The van der Waals surface area contributed by atoms with Crippen molar-refractivity contribution in [3.63, 3.8) is 0 Å². The number of rotatable bonds is 6. The van der Waals surface area contributed by atoms with Gasteiger partial charge in [0.05, 0.1) is 11.1 Å². The Labute approximate surface area is 119 Å². The van der Waals surface area contributed by atoms with Crippen molar-refractivity contribution in [2.75, 3.05) is 11.5 Å². The van der Waals surface area contributed by atoms with Gasteiger partial charge in [-0.05, 0) is 12.8 Å². The molecule has 5 nitrogen and oxygen atoms in total. The zero-order valence-corrected chi connectivity index (χ0v) is 12.4. The number of alkyl halides is 3. The van der Waals surface area contributed by atoms with Gasteiger partial charge in [-0.15, -0.1) is 11.8 Å². The Morgan fingerprint density at radius 3 is 2.50 bits per heavy atom. The first kappa shape index (κ1) is 17.6. The van der Waals surface area contributed by atoms with Crippen molar-refractivity contribution in [2.24, 2.45) is 0 Å². The first-order chi connectivity index (χ1) is 9.08. The predicted molar refractivity (Wildman–Crippen MR) is 68.9 cm³/mol. The minimum Gasteiger partial charge on any atom is -0.480 e. The Kier molecular flexibility index (Phi) is 5.73. The molecule has 118 valence electrons. The van der Waals surface area contributed by atoms with Crippen molar-refractivity contribution in [3.8, 4) is 0 Å². The van der Waals surface area contributed by atoms with E-state index in [0.717, 1.165) is 4.31 Å². The molecule has 1 saturated heterocycles. The van der Waals surface area contributed by atoms with Gasteiger partial charge in [0, 0.05) is 12.2 Å². The molecule has 1 rings (SSSR count). The minimum atomic E-state index is -4.41. The van der Waals surface area contributed by atoms with Crippen molar-refractivity contribution in [1.29, 1.82) is 0 Å². The Bertz CT molecular complexity index is 452. The summed E-state index contributed by atoms with van der Waals surface area (Å²) in [4.78, 5) is 11.1. The summed E-state index contributed by atoms with van der Waals surface area (Å²) in [6.45, 7) is 1.71. The van der Waals surface area contributed by atoms with Crippen LogP contribution in [0.4, 0.5) is 13.2 Å². The number of carboxylic acids is 1. The van der Waals surface area contributed by atoms with Gasteiger partial charge in [0.1, 0.15) is 6.04 Å². The second-order valence-electron chi connectivity index (χ2n) is 4.41. The van der Waals surface area contributed by atoms with Crippen LogP contribution in [-0.4, -0.2) is 52.9 Å². The van der Waals surface area contributed by atoms with Gasteiger partial charge >= 0.3 is 12.1 Å². The summed E-state index contributed by atoms with van der Waals surface area (Å²) >= 11 is 1.20. The van der Waals surface area contributed by atoms with Crippen LogP contribution in [0.3, 0.4) is 0 Å². The summed E-state index contributed by atoms with van der Waals surface area (Å²) in [6, 6.07) is -1.19. The van der Waals surface area contributed by atoms with Crippen molar-refractivity contribution in [3.05, 3.63) is 0 Å². The van der Waals surface area contributed by atoms with E-state index in [0.29, 0.717) is 6.42 Å². The highest BCUT2D eigenvalue weighted by Crippen LogP contribution is 2.34. The van der Waals surface area contributed by atoms with Crippen molar-refractivity contribution in [1.82, 2.24) is 4.31 Å². The van der Waals surface area contributed by atoms with Crippen molar-refractivity contribution >= 4 is 27.8 Å². The van der Waals surface area contributed by atoms with Crippen molar-refractivity contribution < 1.29 is 31.5 Å². The Hall–Kier alpha value is -0.480. The largest absolute Gasteiger partial charge is 0.480 e. The molecule has 1 aliphatic heterocycles. The molecule has 2 unspecified atom stereocenters. The lowest BCUT2D eigenvalue weighted by atomic mass is 10.3. The van der Waals surface area contributed by atoms with Gasteiger partial charge in [-0.2, -0.15) is 17.5 Å². The van der Waals surface area contributed by atoms with Crippen LogP contribution >= 0.6 is 11.8 Å². The Balaban J connectivity index is 2.79. The smallest absolute Gasteiger partial charge is 0.389 e. The van der Waals surface area contributed by atoms with Gasteiger partial charge in [0.15, 0.2) is 0 Å². The Morgan fingerprint density at radius 2 is 2.05 bits per heavy atom. The zero-order chi connectivity index (χ0) is 15.6. The molecule has 0 aromatic carbocycles. The fourth-order valence-electron chi connectivity index (χ4n) is 1.96. The van der Waals surface area contributed by atoms with E-state index >= 15 is 0 Å². The first-order valence-corrected chi connectivity index (χ1v) is 8.66. The quantitative estimate of drug-likeness (QED) is 0.802. The lowest BCUT2D eigenvalue weighted by Crippen LogP contribution is -2.46. The van der Waals surface area contributed by atoms with Gasteiger partial charge in [-0.25, -0.2) is 8.42 Å². The summed E-state index contributed by atoms with van der Waals surface area (Å²) in [5.41, 5.74) is 0. The van der Waals surface area contributed by atoms with E-state index in [4.69, 9.17) is 5.11 Å². The van der Waals surface area contributed by atoms with Crippen LogP contribution in [0.15, 0.2) is 0 Å². The minimum absolute atomic E-state index is 0.117. The normalized spacial score (nSPS) is 25.0. The SMILES string of the molecule is CCC1SCC(C(=O)O)N1S(=O)(=O)CCCC(F)(F)F.